The lowest BCUT2D eigenvalue weighted by atomic mass is 10.2. The summed E-state index contributed by atoms with van der Waals surface area (Å²) in [5, 5.41) is 2.74. The average molecular weight is 325 g/mol. The standard InChI is InChI=1S/C14H13ClN2O3S/c1-9-5-6-10(21(2,19)20)8-12(9)17-14(18)11-4-3-7-16-13(11)15/h3-8H,1-2H3,(H,17,18). The van der Waals surface area contributed by atoms with Gasteiger partial charge >= 0.3 is 0 Å². The number of hydrogen-bond acceptors (Lipinski definition) is 4. The second-order valence-corrected chi connectivity index (χ2v) is 6.92. The number of nitrogens with one attached hydrogen (secondary N) is 1. The van der Waals surface area contributed by atoms with E-state index in [1.165, 1.54) is 18.3 Å². The summed E-state index contributed by atoms with van der Waals surface area (Å²) >= 11 is 5.86. The predicted molar refractivity (Wildman–Crippen MR) is 81.5 cm³/mol. The molecule has 0 fully saturated rings. The van der Waals surface area contributed by atoms with Crippen molar-refractivity contribution in [1.82, 2.24) is 4.98 Å². The van der Waals surface area contributed by atoms with Gasteiger partial charge < -0.3 is 5.32 Å². The van der Waals surface area contributed by atoms with Crippen LogP contribution in [0.25, 0.3) is 0 Å². The van der Waals surface area contributed by atoms with Crippen LogP contribution in [0.3, 0.4) is 0 Å². The number of aromatic nitrogens is 1. The van der Waals surface area contributed by atoms with Crippen molar-refractivity contribution < 1.29 is 13.2 Å². The summed E-state index contributed by atoms with van der Waals surface area (Å²) in [4.78, 5) is 16.1. The second kappa shape index (κ2) is 5.83. The molecule has 1 heterocycles. The molecule has 0 aliphatic carbocycles. The summed E-state index contributed by atoms with van der Waals surface area (Å²) in [7, 11) is -3.34. The molecule has 0 unspecified atom stereocenters. The topological polar surface area (TPSA) is 76.1 Å². The van der Waals surface area contributed by atoms with Gasteiger partial charge in [-0.3, -0.25) is 4.79 Å². The molecule has 0 saturated carbocycles. The Kier molecular flexibility index (Phi) is 4.29. The van der Waals surface area contributed by atoms with Crippen molar-refractivity contribution in [3.05, 3.63) is 52.8 Å². The summed E-state index contributed by atoms with van der Waals surface area (Å²) in [6.45, 7) is 1.77. The van der Waals surface area contributed by atoms with E-state index in [0.717, 1.165) is 11.8 Å². The van der Waals surface area contributed by atoms with Gasteiger partial charge in [0.15, 0.2) is 9.84 Å². The SMILES string of the molecule is Cc1ccc(S(C)(=O)=O)cc1NC(=O)c1cccnc1Cl. The summed E-state index contributed by atoms with van der Waals surface area (Å²) in [5.41, 5.74) is 1.39. The molecule has 1 amide bonds. The number of carbonyl (C=O) groups excluding carboxylic acids is 1. The summed E-state index contributed by atoms with van der Waals surface area (Å²) in [6.07, 6.45) is 2.59. The van der Waals surface area contributed by atoms with E-state index in [1.807, 2.05) is 0 Å². The van der Waals surface area contributed by atoms with Gasteiger partial charge in [0.2, 0.25) is 0 Å². The first-order valence-electron chi connectivity index (χ1n) is 6.01. The quantitative estimate of drug-likeness (QED) is 0.881. The zero-order valence-electron chi connectivity index (χ0n) is 11.4. The molecule has 0 aliphatic heterocycles. The number of carbonyl (C=O) groups is 1. The normalized spacial score (nSPS) is 11.2. The Bertz CT molecular complexity index is 804. The van der Waals surface area contributed by atoms with E-state index in [9.17, 15) is 13.2 Å². The summed E-state index contributed by atoms with van der Waals surface area (Å²) in [5.74, 6) is -0.443. The molecule has 5 nitrogen and oxygen atoms in total. The second-order valence-electron chi connectivity index (χ2n) is 4.54. The molecule has 21 heavy (non-hydrogen) atoms. The van der Waals surface area contributed by atoms with E-state index in [1.54, 1.807) is 25.1 Å². The maximum atomic E-state index is 12.2. The van der Waals surface area contributed by atoms with Crippen molar-refractivity contribution in [2.24, 2.45) is 0 Å². The van der Waals surface area contributed by atoms with Crippen molar-refractivity contribution >= 4 is 33.0 Å². The van der Waals surface area contributed by atoms with Crippen LogP contribution in [0.15, 0.2) is 41.4 Å². The van der Waals surface area contributed by atoms with Gasteiger partial charge in [-0.25, -0.2) is 13.4 Å². The zero-order chi connectivity index (χ0) is 15.6. The maximum Gasteiger partial charge on any atom is 0.258 e. The van der Waals surface area contributed by atoms with Crippen LogP contribution in [0.2, 0.25) is 5.15 Å². The average Bonchev–Trinajstić information content (AvgIpc) is 2.40. The third-order valence-electron chi connectivity index (χ3n) is 2.89. The Morgan fingerprint density at radius 3 is 2.62 bits per heavy atom. The minimum atomic E-state index is -3.34. The third-order valence-corrected chi connectivity index (χ3v) is 4.30. The number of pyridine rings is 1. The number of anilines is 1. The number of aryl methyl sites for hydroxylation is 1. The number of sulfone groups is 1. The molecular weight excluding hydrogens is 312 g/mol. The fraction of sp³-hybridized carbons (Fsp3) is 0.143. The zero-order valence-corrected chi connectivity index (χ0v) is 13.0. The molecule has 0 aliphatic rings. The van der Waals surface area contributed by atoms with Crippen LogP contribution in [-0.4, -0.2) is 25.6 Å². The Hall–Kier alpha value is -1.92. The van der Waals surface area contributed by atoms with Crippen LogP contribution in [0.5, 0.6) is 0 Å². The van der Waals surface area contributed by atoms with Gasteiger partial charge in [0.25, 0.3) is 5.91 Å². The molecule has 2 aromatic rings. The number of rotatable bonds is 3. The van der Waals surface area contributed by atoms with Gasteiger partial charge in [0.1, 0.15) is 5.15 Å². The highest BCUT2D eigenvalue weighted by Gasteiger charge is 2.14. The fourth-order valence-corrected chi connectivity index (χ4v) is 2.56. The maximum absolute atomic E-state index is 12.2. The molecule has 0 radical (unpaired) electrons. The number of hydrogen-bond donors (Lipinski definition) is 1. The van der Waals surface area contributed by atoms with Crippen molar-refractivity contribution in [3.8, 4) is 0 Å². The van der Waals surface area contributed by atoms with Gasteiger partial charge in [-0.15, -0.1) is 0 Å². The van der Waals surface area contributed by atoms with Crippen LogP contribution >= 0.6 is 11.6 Å². The van der Waals surface area contributed by atoms with Gasteiger partial charge in [-0.2, -0.15) is 0 Å². The van der Waals surface area contributed by atoms with Crippen LogP contribution in [-0.2, 0) is 9.84 Å². The van der Waals surface area contributed by atoms with Crippen LogP contribution < -0.4 is 5.32 Å². The lowest BCUT2D eigenvalue weighted by Crippen LogP contribution is -2.14. The Morgan fingerprint density at radius 2 is 2.00 bits per heavy atom. The van der Waals surface area contributed by atoms with E-state index >= 15 is 0 Å². The highest BCUT2D eigenvalue weighted by atomic mass is 35.5. The van der Waals surface area contributed by atoms with Gasteiger partial charge in [-0.1, -0.05) is 17.7 Å². The number of amides is 1. The fourth-order valence-electron chi connectivity index (χ4n) is 1.71. The molecule has 110 valence electrons. The van der Waals surface area contributed by atoms with E-state index in [0.29, 0.717) is 5.69 Å². The first-order valence-corrected chi connectivity index (χ1v) is 8.28. The highest BCUT2D eigenvalue weighted by Crippen LogP contribution is 2.22. The van der Waals surface area contributed by atoms with E-state index in [-0.39, 0.29) is 15.6 Å². The van der Waals surface area contributed by atoms with Crippen LogP contribution in [0.4, 0.5) is 5.69 Å². The molecule has 1 N–H and O–H groups in total. The molecule has 2 rings (SSSR count). The smallest absolute Gasteiger partial charge is 0.258 e. The van der Waals surface area contributed by atoms with E-state index < -0.39 is 15.7 Å². The minimum Gasteiger partial charge on any atom is -0.322 e. The number of benzene rings is 1. The van der Waals surface area contributed by atoms with Gasteiger partial charge in [-0.05, 0) is 36.8 Å². The van der Waals surface area contributed by atoms with Crippen molar-refractivity contribution in [3.63, 3.8) is 0 Å². The lowest BCUT2D eigenvalue weighted by molar-refractivity contribution is 0.102. The molecular formula is C14H13ClN2O3S. The minimum absolute atomic E-state index is 0.0897. The van der Waals surface area contributed by atoms with Crippen LogP contribution in [0, 0.1) is 6.92 Å². The Labute approximate surface area is 127 Å². The molecule has 0 saturated heterocycles. The molecule has 1 aromatic heterocycles. The first-order chi connectivity index (χ1) is 9.79. The van der Waals surface area contributed by atoms with Gasteiger partial charge in [0.05, 0.1) is 10.5 Å². The number of nitrogens with zero attached hydrogens (tertiary/aromatic N) is 1. The summed E-state index contributed by atoms with van der Waals surface area (Å²) in [6, 6.07) is 7.70. The third kappa shape index (κ3) is 3.59. The molecule has 0 spiro atoms. The molecule has 7 heteroatoms. The van der Waals surface area contributed by atoms with Crippen molar-refractivity contribution in [2.45, 2.75) is 11.8 Å². The monoisotopic (exact) mass is 324 g/mol. The highest BCUT2D eigenvalue weighted by molar-refractivity contribution is 7.90. The Morgan fingerprint density at radius 1 is 1.29 bits per heavy atom. The van der Waals surface area contributed by atoms with E-state index in [2.05, 4.69) is 10.3 Å². The van der Waals surface area contributed by atoms with Crippen molar-refractivity contribution in [1.29, 1.82) is 0 Å². The van der Waals surface area contributed by atoms with Gasteiger partial charge in [0, 0.05) is 18.1 Å². The molecule has 0 atom stereocenters. The molecule has 0 bridgehead atoms. The number of halogens is 1. The lowest BCUT2D eigenvalue weighted by Gasteiger charge is -2.10. The van der Waals surface area contributed by atoms with E-state index in [4.69, 9.17) is 11.6 Å². The van der Waals surface area contributed by atoms with Crippen LogP contribution in [0.1, 0.15) is 15.9 Å². The predicted octanol–water partition coefficient (Wildman–Crippen LogP) is 2.70. The Balaban J connectivity index is 2.36. The molecule has 1 aromatic carbocycles. The van der Waals surface area contributed by atoms with Crippen molar-refractivity contribution in [2.75, 3.05) is 11.6 Å². The first kappa shape index (κ1) is 15.5. The largest absolute Gasteiger partial charge is 0.322 e. The summed E-state index contributed by atoms with van der Waals surface area (Å²) < 4.78 is 23.1.